The zero-order chi connectivity index (χ0) is 15.1. The molecule has 1 heterocycles. The van der Waals surface area contributed by atoms with Crippen molar-refractivity contribution < 1.29 is 17.6 Å². The molecule has 0 saturated carbocycles. The molecule has 1 aromatic heterocycles. The van der Waals surface area contributed by atoms with E-state index in [4.69, 9.17) is 14.9 Å². The standard InChI is InChI=1S/C14H18N2O4S/c15-12-3-1-4-14(11-12)20-9-10-21(17,18)16-7-6-13-5-2-8-19-13/h1-5,8,11,16H,6-7,9-10,15H2. The average Bonchev–Trinajstić information content (AvgIpc) is 2.91. The number of hydrogen-bond donors (Lipinski definition) is 2. The van der Waals surface area contributed by atoms with E-state index in [0.717, 1.165) is 5.76 Å². The topological polar surface area (TPSA) is 94.6 Å². The minimum absolute atomic E-state index is 0.0690. The molecule has 0 saturated heterocycles. The van der Waals surface area contributed by atoms with Crippen LogP contribution >= 0.6 is 0 Å². The van der Waals surface area contributed by atoms with E-state index in [2.05, 4.69) is 4.72 Å². The summed E-state index contributed by atoms with van der Waals surface area (Å²) in [4.78, 5) is 0. The zero-order valence-corrected chi connectivity index (χ0v) is 12.3. The first kappa shape index (κ1) is 15.4. The Kier molecular flexibility index (Phi) is 5.24. The van der Waals surface area contributed by atoms with Crippen molar-refractivity contribution in [2.45, 2.75) is 6.42 Å². The van der Waals surface area contributed by atoms with Crippen molar-refractivity contribution in [1.29, 1.82) is 0 Å². The molecule has 114 valence electrons. The number of ether oxygens (including phenoxy) is 1. The van der Waals surface area contributed by atoms with Gasteiger partial charge >= 0.3 is 0 Å². The first-order chi connectivity index (χ1) is 10.1. The number of benzene rings is 1. The van der Waals surface area contributed by atoms with E-state index in [9.17, 15) is 8.42 Å². The molecule has 2 rings (SSSR count). The highest BCUT2D eigenvalue weighted by atomic mass is 32.2. The quantitative estimate of drug-likeness (QED) is 0.719. The highest BCUT2D eigenvalue weighted by Gasteiger charge is 2.10. The molecule has 0 bridgehead atoms. The smallest absolute Gasteiger partial charge is 0.214 e. The predicted octanol–water partition coefficient (Wildman–Crippen LogP) is 1.40. The van der Waals surface area contributed by atoms with Crippen molar-refractivity contribution >= 4 is 15.7 Å². The number of nitrogens with one attached hydrogen (secondary N) is 1. The van der Waals surface area contributed by atoms with Gasteiger partial charge in [-0.15, -0.1) is 0 Å². The summed E-state index contributed by atoms with van der Waals surface area (Å²) >= 11 is 0. The van der Waals surface area contributed by atoms with Crippen molar-refractivity contribution in [3.05, 3.63) is 48.4 Å². The van der Waals surface area contributed by atoms with Gasteiger partial charge in [0, 0.05) is 24.7 Å². The molecule has 0 spiro atoms. The van der Waals surface area contributed by atoms with Gasteiger partial charge in [0.1, 0.15) is 18.1 Å². The normalized spacial score (nSPS) is 11.4. The molecule has 3 N–H and O–H groups in total. The third-order valence-corrected chi connectivity index (χ3v) is 4.10. The first-order valence-electron chi connectivity index (χ1n) is 6.53. The first-order valence-corrected chi connectivity index (χ1v) is 8.18. The van der Waals surface area contributed by atoms with E-state index >= 15 is 0 Å². The number of sulfonamides is 1. The maximum Gasteiger partial charge on any atom is 0.214 e. The highest BCUT2D eigenvalue weighted by molar-refractivity contribution is 7.89. The van der Waals surface area contributed by atoms with Crippen LogP contribution < -0.4 is 15.2 Å². The molecule has 0 amide bonds. The summed E-state index contributed by atoms with van der Waals surface area (Å²) in [6, 6.07) is 10.4. The van der Waals surface area contributed by atoms with Crippen LogP contribution in [0.3, 0.4) is 0 Å². The number of furan rings is 1. The summed E-state index contributed by atoms with van der Waals surface area (Å²) < 4.78 is 36.5. The Morgan fingerprint density at radius 3 is 2.81 bits per heavy atom. The molecule has 6 nitrogen and oxygen atoms in total. The summed E-state index contributed by atoms with van der Waals surface area (Å²) in [5.41, 5.74) is 6.18. The number of hydrogen-bond acceptors (Lipinski definition) is 5. The Morgan fingerprint density at radius 1 is 1.24 bits per heavy atom. The molecule has 0 fully saturated rings. The second kappa shape index (κ2) is 7.14. The molecule has 0 aliphatic heterocycles. The van der Waals surface area contributed by atoms with Crippen LogP contribution in [0.5, 0.6) is 5.75 Å². The minimum atomic E-state index is -3.36. The maximum atomic E-state index is 11.8. The molecular weight excluding hydrogens is 292 g/mol. The van der Waals surface area contributed by atoms with Gasteiger partial charge in [0.15, 0.2) is 0 Å². The summed E-state index contributed by atoms with van der Waals surface area (Å²) in [7, 11) is -3.36. The van der Waals surface area contributed by atoms with Crippen LogP contribution in [0.15, 0.2) is 47.1 Å². The van der Waals surface area contributed by atoms with Gasteiger partial charge in [-0.25, -0.2) is 13.1 Å². The van der Waals surface area contributed by atoms with Gasteiger partial charge in [0.2, 0.25) is 10.0 Å². The van der Waals surface area contributed by atoms with E-state index in [-0.39, 0.29) is 12.4 Å². The van der Waals surface area contributed by atoms with Crippen LogP contribution in [0, 0.1) is 0 Å². The fourth-order valence-electron chi connectivity index (χ4n) is 1.73. The molecule has 0 atom stereocenters. The maximum absolute atomic E-state index is 11.8. The Morgan fingerprint density at radius 2 is 2.10 bits per heavy atom. The lowest BCUT2D eigenvalue weighted by molar-refractivity contribution is 0.340. The van der Waals surface area contributed by atoms with E-state index < -0.39 is 10.0 Å². The number of nitrogens with two attached hydrogens (primary N) is 1. The number of nitrogen functional groups attached to an aromatic ring is 1. The van der Waals surface area contributed by atoms with Gasteiger partial charge in [-0.05, 0) is 24.3 Å². The van der Waals surface area contributed by atoms with Crippen LogP contribution in [0.2, 0.25) is 0 Å². The molecule has 0 unspecified atom stereocenters. The Balaban J connectivity index is 1.71. The fraction of sp³-hybridized carbons (Fsp3) is 0.286. The third-order valence-electron chi connectivity index (χ3n) is 2.75. The summed E-state index contributed by atoms with van der Waals surface area (Å²) in [5.74, 6) is 1.19. The van der Waals surface area contributed by atoms with Crippen LogP contribution in [0.4, 0.5) is 5.69 Å². The van der Waals surface area contributed by atoms with Crippen molar-refractivity contribution in [1.82, 2.24) is 4.72 Å². The Labute approximate surface area is 124 Å². The second-order valence-electron chi connectivity index (χ2n) is 4.46. The lowest BCUT2D eigenvalue weighted by Crippen LogP contribution is -2.30. The lowest BCUT2D eigenvalue weighted by atomic mass is 10.3. The molecule has 2 aromatic rings. The fourth-order valence-corrected chi connectivity index (χ4v) is 2.59. The predicted molar refractivity (Wildman–Crippen MR) is 80.6 cm³/mol. The largest absolute Gasteiger partial charge is 0.492 e. The Bertz CT molecular complexity index is 653. The minimum Gasteiger partial charge on any atom is -0.492 e. The van der Waals surface area contributed by atoms with Crippen molar-refractivity contribution in [3.8, 4) is 5.75 Å². The second-order valence-corrected chi connectivity index (χ2v) is 6.39. The molecule has 0 aliphatic carbocycles. The zero-order valence-electron chi connectivity index (χ0n) is 11.5. The Hall–Kier alpha value is -1.99. The van der Waals surface area contributed by atoms with Gasteiger partial charge in [-0.3, -0.25) is 0 Å². The summed E-state index contributed by atoms with van der Waals surface area (Å²) in [5, 5.41) is 0. The molecule has 7 heteroatoms. The molecule has 0 radical (unpaired) electrons. The SMILES string of the molecule is Nc1cccc(OCCS(=O)(=O)NCCc2ccco2)c1. The lowest BCUT2D eigenvalue weighted by Gasteiger charge is -2.08. The van der Waals surface area contributed by atoms with E-state index in [1.165, 1.54) is 0 Å². The van der Waals surface area contributed by atoms with E-state index in [1.54, 1.807) is 42.7 Å². The summed E-state index contributed by atoms with van der Waals surface area (Å²) in [6.07, 6.45) is 2.07. The van der Waals surface area contributed by atoms with Crippen LogP contribution in [0.25, 0.3) is 0 Å². The third kappa shape index (κ3) is 5.49. The molecular formula is C14H18N2O4S. The van der Waals surface area contributed by atoms with Crippen LogP contribution in [-0.2, 0) is 16.4 Å². The highest BCUT2D eigenvalue weighted by Crippen LogP contribution is 2.14. The van der Waals surface area contributed by atoms with Gasteiger partial charge < -0.3 is 14.9 Å². The number of anilines is 1. The van der Waals surface area contributed by atoms with Crippen molar-refractivity contribution in [3.63, 3.8) is 0 Å². The average molecular weight is 310 g/mol. The monoisotopic (exact) mass is 310 g/mol. The van der Waals surface area contributed by atoms with Gasteiger partial charge in [-0.1, -0.05) is 6.07 Å². The molecule has 21 heavy (non-hydrogen) atoms. The van der Waals surface area contributed by atoms with Gasteiger partial charge in [0.25, 0.3) is 0 Å². The van der Waals surface area contributed by atoms with Crippen molar-refractivity contribution in [2.75, 3.05) is 24.6 Å². The van der Waals surface area contributed by atoms with Gasteiger partial charge in [-0.2, -0.15) is 0 Å². The van der Waals surface area contributed by atoms with Crippen LogP contribution in [0.1, 0.15) is 5.76 Å². The van der Waals surface area contributed by atoms with E-state index in [1.807, 2.05) is 0 Å². The van der Waals surface area contributed by atoms with Gasteiger partial charge in [0.05, 0.1) is 12.0 Å². The number of rotatable bonds is 8. The molecule has 1 aromatic carbocycles. The summed E-state index contributed by atoms with van der Waals surface area (Å²) in [6.45, 7) is 0.369. The van der Waals surface area contributed by atoms with Crippen LogP contribution in [-0.4, -0.2) is 27.3 Å². The molecule has 0 aliphatic rings. The van der Waals surface area contributed by atoms with E-state index in [0.29, 0.717) is 24.4 Å². The van der Waals surface area contributed by atoms with Crippen molar-refractivity contribution in [2.24, 2.45) is 0 Å².